The number of pyridine rings is 1. The van der Waals surface area contributed by atoms with E-state index in [1.54, 1.807) is 30.5 Å². The van der Waals surface area contributed by atoms with Gasteiger partial charge < -0.3 is 10.1 Å². The Balaban J connectivity index is 1.56. The lowest BCUT2D eigenvalue weighted by Crippen LogP contribution is -2.41. The van der Waals surface area contributed by atoms with Crippen LogP contribution in [0.1, 0.15) is 28.4 Å². The maximum atomic E-state index is 13.5. The highest BCUT2D eigenvalue weighted by atomic mass is 19.4. The van der Waals surface area contributed by atoms with Gasteiger partial charge in [0.15, 0.2) is 5.60 Å². The summed E-state index contributed by atoms with van der Waals surface area (Å²) in [6.45, 7) is 1.33. The summed E-state index contributed by atoms with van der Waals surface area (Å²) >= 11 is 0. The second kappa shape index (κ2) is 8.24. The average molecular weight is 438 g/mol. The van der Waals surface area contributed by atoms with E-state index in [0.717, 1.165) is 30.5 Å². The zero-order chi connectivity index (χ0) is 22.9. The molecule has 1 heterocycles. The zero-order valence-electron chi connectivity index (χ0n) is 17.5. The summed E-state index contributed by atoms with van der Waals surface area (Å²) < 4.78 is 45.3. The van der Waals surface area contributed by atoms with Crippen molar-refractivity contribution in [2.45, 2.75) is 25.2 Å². The molecule has 0 aliphatic heterocycles. The number of para-hydroxylation sites is 1. The van der Waals surface area contributed by atoms with Crippen molar-refractivity contribution in [2.75, 3.05) is 7.11 Å². The molecule has 164 valence electrons. The molecule has 4 aromatic rings. The van der Waals surface area contributed by atoms with Gasteiger partial charge in [-0.05, 0) is 59.2 Å². The molecule has 0 saturated heterocycles. The Kier molecular flexibility index (Phi) is 5.60. The highest BCUT2D eigenvalue weighted by molar-refractivity contribution is 5.99. The van der Waals surface area contributed by atoms with Crippen LogP contribution in [0.15, 0.2) is 72.9 Å². The summed E-state index contributed by atoms with van der Waals surface area (Å²) in [5.74, 6) is -0.270. The smallest absolute Gasteiger partial charge is 0.364 e. The molecule has 0 fully saturated rings. The largest absolute Gasteiger partial charge is 0.421 e. The van der Waals surface area contributed by atoms with E-state index in [0.29, 0.717) is 22.9 Å². The second-order valence-corrected chi connectivity index (χ2v) is 7.68. The minimum absolute atomic E-state index is 0.00164. The Hall–Kier alpha value is -3.45. The fraction of sp³-hybridized carbons (Fsp3) is 0.200. The number of carbonyl (C=O) groups excluding carboxylic acids is 1. The molecular weight excluding hydrogens is 417 g/mol. The number of benzene rings is 3. The lowest BCUT2D eigenvalue weighted by atomic mass is 9.92. The summed E-state index contributed by atoms with van der Waals surface area (Å²) in [4.78, 5) is 17.0. The molecule has 0 bridgehead atoms. The van der Waals surface area contributed by atoms with Crippen molar-refractivity contribution in [3.8, 4) is 0 Å². The third kappa shape index (κ3) is 3.91. The summed E-state index contributed by atoms with van der Waals surface area (Å²) in [6, 6.07) is 18.8. The number of nitrogens with one attached hydrogen (secondary N) is 1. The van der Waals surface area contributed by atoms with E-state index in [-0.39, 0.29) is 11.5 Å². The predicted octanol–water partition coefficient (Wildman–Crippen LogP) is 5.74. The minimum Gasteiger partial charge on any atom is -0.364 e. The number of hydrogen-bond acceptors (Lipinski definition) is 3. The van der Waals surface area contributed by atoms with Gasteiger partial charge in [0.1, 0.15) is 0 Å². The Labute approximate surface area is 183 Å². The van der Waals surface area contributed by atoms with Gasteiger partial charge in [-0.25, -0.2) is 0 Å². The highest BCUT2D eigenvalue weighted by Crippen LogP contribution is 2.42. The number of methoxy groups -OCH3 is 1. The number of carbonyl (C=O) groups is 1. The van der Waals surface area contributed by atoms with Gasteiger partial charge in [0.05, 0.1) is 5.52 Å². The van der Waals surface area contributed by atoms with E-state index in [9.17, 15) is 18.0 Å². The standard InChI is InChI=1S/C25H21F3N2O2/c1-24(32-2,25(26,27)28)20-10-9-16-13-18(8-7-17(16)14-20)23(31)30-15-19-11-12-29-22-6-4-3-5-21(19)22/h3-14H,15H2,1-2H3,(H,30,31). The first-order valence-electron chi connectivity index (χ1n) is 10.00. The van der Waals surface area contributed by atoms with Crippen LogP contribution in [0.25, 0.3) is 21.7 Å². The topological polar surface area (TPSA) is 51.2 Å². The van der Waals surface area contributed by atoms with Gasteiger partial charge in [0, 0.05) is 30.8 Å². The van der Waals surface area contributed by atoms with Crippen molar-refractivity contribution in [3.63, 3.8) is 0 Å². The van der Waals surface area contributed by atoms with Crippen molar-refractivity contribution in [1.82, 2.24) is 10.3 Å². The summed E-state index contributed by atoms with van der Waals surface area (Å²) in [7, 11) is 1.04. The van der Waals surface area contributed by atoms with Crippen LogP contribution in [-0.2, 0) is 16.9 Å². The Morgan fingerprint density at radius 3 is 2.47 bits per heavy atom. The van der Waals surface area contributed by atoms with Crippen molar-refractivity contribution >= 4 is 27.6 Å². The molecular formula is C25H21F3N2O2. The number of halogens is 3. The molecule has 1 N–H and O–H groups in total. The molecule has 0 radical (unpaired) electrons. The van der Waals surface area contributed by atoms with Gasteiger partial charge in [0.2, 0.25) is 0 Å². The van der Waals surface area contributed by atoms with E-state index in [1.807, 2.05) is 30.3 Å². The van der Waals surface area contributed by atoms with Crippen LogP contribution in [0.4, 0.5) is 13.2 Å². The van der Waals surface area contributed by atoms with Crippen LogP contribution < -0.4 is 5.32 Å². The molecule has 32 heavy (non-hydrogen) atoms. The first kappa shape index (κ1) is 21.8. The molecule has 3 aromatic carbocycles. The number of fused-ring (bicyclic) bond motifs is 2. The number of amides is 1. The molecule has 0 aliphatic carbocycles. The highest BCUT2D eigenvalue weighted by Gasteiger charge is 2.53. The van der Waals surface area contributed by atoms with E-state index >= 15 is 0 Å². The Morgan fingerprint density at radius 1 is 1.00 bits per heavy atom. The van der Waals surface area contributed by atoms with Crippen LogP contribution in [0.5, 0.6) is 0 Å². The molecule has 7 heteroatoms. The van der Waals surface area contributed by atoms with Crippen molar-refractivity contribution < 1.29 is 22.7 Å². The lowest BCUT2D eigenvalue weighted by molar-refractivity contribution is -0.269. The molecule has 0 aliphatic rings. The third-order valence-corrected chi connectivity index (χ3v) is 5.78. The summed E-state index contributed by atoms with van der Waals surface area (Å²) in [5.41, 5.74) is -0.191. The number of hydrogen-bond donors (Lipinski definition) is 1. The molecule has 4 rings (SSSR count). The van der Waals surface area contributed by atoms with Crippen LogP contribution in [0.3, 0.4) is 0 Å². The normalized spacial score (nSPS) is 13.8. The van der Waals surface area contributed by atoms with Crippen LogP contribution >= 0.6 is 0 Å². The van der Waals surface area contributed by atoms with Crippen LogP contribution in [0.2, 0.25) is 0 Å². The van der Waals surface area contributed by atoms with Crippen molar-refractivity contribution in [1.29, 1.82) is 0 Å². The van der Waals surface area contributed by atoms with E-state index in [4.69, 9.17) is 4.74 Å². The zero-order valence-corrected chi connectivity index (χ0v) is 17.5. The minimum atomic E-state index is -4.56. The molecule has 4 nitrogen and oxygen atoms in total. The Morgan fingerprint density at radius 2 is 1.72 bits per heavy atom. The summed E-state index contributed by atoms with van der Waals surface area (Å²) in [5, 5.41) is 5.12. The number of ether oxygens (including phenoxy) is 1. The van der Waals surface area contributed by atoms with Crippen molar-refractivity contribution in [2.24, 2.45) is 0 Å². The van der Waals surface area contributed by atoms with Gasteiger partial charge >= 0.3 is 6.18 Å². The van der Waals surface area contributed by atoms with Gasteiger partial charge in [-0.15, -0.1) is 0 Å². The molecule has 1 amide bonds. The molecule has 1 aromatic heterocycles. The molecule has 0 saturated carbocycles. The van der Waals surface area contributed by atoms with Gasteiger partial charge in [-0.1, -0.05) is 36.4 Å². The fourth-order valence-electron chi connectivity index (χ4n) is 3.67. The van der Waals surface area contributed by atoms with E-state index in [2.05, 4.69) is 10.3 Å². The maximum Gasteiger partial charge on any atom is 0.421 e. The fourth-order valence-corrected chi connectivity index (χ4v) is 3.67. The van der Waals surface area contributed by atoms with E-state index in [1.165, 1.54) is 12.1 Å². The van der Waals surface area contributed by atoms with Gasteiger partial charge in [-0.2, -0.15) is 13.2 Å². The predicted molar refractivity (Wildman–Crippen MR) is 117 cm³/mol. The molecule has 1 unspecified atom stereocenters. The Bertz CT molecular complexity index is 1300. The number of aromatic nitrogens is 1. The number of alkyl halides is 3. The molecule has 1 atom stereocenters. The van der Waals surface area contributed by atoms with Crippen LogP contribution in [0, 0.1) is 0 Å². The average Bonchev–Trinajstić information content (AvgIpc) is 2.80. The summed E-state index contributed by atoms with van der Waals surface area (Å²) in [6.07, 6.45) is -2.86. The van der Waals surface area contributed by atoms with Gasteiger partial charge in [-0.3, -0.25) is 9.78 Å². The van der Waals surface area contributed by atoms with E-state index < -0.39 is 11.8 Å². The SMILES string of the molecule is COC(C)(c1ccc2cc(C(=O)NCc3ccnc4ccccc34)ccc2c1)C(F)(F)F. The number of rotatable bonds is 5. The van der Waals surface area contributed by atoms with Crippen LogP contribution in [-0.4, -0.2) is 24.2 Å². The first-order valence-corrected chi connectivity index (χ1v) is 10.00. The van der Waals surface area contributed by atoms with Gasteiger partial charge in [0.25, 0.3) is 5.91 Å². The van der Waals surface area contributed by atoms with Crippen molar-refractivity contribution in [3.05, 3.63) is 89.6 Å². The molecule has 0 spiro atoms. The number of nitrogens with zero attached hydrogens (tertiary/aromatic N) is 1. The first-order chi connectivity index (χ1) is 15.2. The quantitative estimate of drug-likeness (QED) is 0.432. The third-order valence-electron chi connectivity index (χ3n) is 5.78. The second-order valence-electron chi connectivity index (χ2n) is 7.68. The lowest BCUT2D eigenvalue weighted by Gasteiger charge is -2.31. The monoisotopic (exact) mass is 438 g/mol. The maximum absolute atomic E-state index is 13.5.